The summed E-state index contributed by atoms with van der Waals surface area (Å²) in [4.78, 5) is 4.73. The molecule has 3 atom stereocenters. The van der Waals surface area contributed by atoms with Crippen LogP contribution in [0.1, 0.15) is 30.4 Å². The van der Waals surface area contributed by atoms with E-state index in [2.05, 4.69) is 9.80 Å². The molecular weight excluding hydrogens is 319 g/mol. The lowest BCUT2D eigenvalue weighted by molar-refractivity contribution is 0.0747. The van der Waals surface area contributed by atoms with Gasteiger partial charge in [-0.25, -0.2) is 4.39 Å². The van der Waals surface area contributed by atoms with Gasteiger partial charge < -0.3 is 20.0 Å². The Balaban J connectivity index is 1.45. The third-order valence-electron chi connectivity index (χ3n) is 5.53. The van der Waals surface area contributed by atoms with E-state index in [9.17, 15) is 14.6 Å². The Labute approximate surface area is 150 Å². The summed E-state index contributed by atoms with van der Waals surface area (Å²) in [5, 5.41) is 20.1. The van der Waals surface area contributed by atoms with Gasteiger partial charge in [0.15, 0.2) is 0 Å². The zero-order chi connectivity index (χ0) is 17.8. The molecule has 0 spiro atoms. The number of hydrogen-bond acceptors (Lipinski definition) is 4. The lowest BCUT2D eigenvalue weighted by Gasteiger charge is -2.35. The summed E-state index contributed by atoms with van der Waals surface area (Å²) in [5.74, 6) is 0.434. The fourth-order valence-corrected chi connectivity index (χ4v) is 4.28. The van der Waals surface area contributed by atoms with Crippen molar-refractivity contribution in [2.45, 2.75) is 44.8 Å². The number of rotatable bonds is 6. The van der Waals surface area contributed by atoms with Crippen LogP contribution < -0.4 is 0 Å². The topological polar surface area (TPSA) is 46.9 Å². The first-order chi connectivity index (χ1) is 12.0. The molecule has 3 rings (SSSR count). The average molecular weight is 350 g/mol. The summed E-state index contributed by atoms with van der Waals surface area (Å²) in [6.07, 6.45) is 3.30. The molecule has 0 bridgehead atoms. The summed E-state index contributed by atoms with van der Waals surface area (Å²) in [6, 6.07) is 5.08. The van der Waals surface area contributed by atoms with E-state index < -0.39 is 6.10 Å². The lowest BCUT2D eigenvalue weighted by Crippen LogP contribution is -2.44. The highest BCUT2D eigenvalue weighted by Crippen LogP contribution is 2.21. The minimum absolute atomic E-state index is 0.152. The maximum atomic E-state index is 13.4. The van der Waals surface area contributed by atoms with Gasteiger partial charge in [-0.2, -0.15) is 0 Å². The molecule has 140 valence electrons. The Bertz CT molecular complexity index is 569. The number of piperidine rings is 1. The summed E-state index contributed by atoms with van der Waals surface area (Å²) in [6.45, 7) is 7.37. The molecule has 0 amide bonds. The SMILES string of the molecule is Cc1cc(CC(O)CN2CCCC(CN3CCC(O)C3)C2)ccc1F. The van der Waals surface area contributed by atoms with E-state index in [4.69, 9.17) is 0 Å². The van der Waals surface area contributed by atoms with E-state index in [0.717, 1.165) is 44.7 Å². The molecule has 1 aromatic rings. The molecule has 2 aliphatic heterocycles. The normalized spacial score (nSPS) is 26.9. The molecule has 0 aliphatic carbocycles. The minimum Gasteiger partial charge on any atom is -0.392 e. The van der Waals surface area contributed by atoms with Crippen molar-refractivity contribution in [1.82, 2.24) is 9.80 Å². The van der Waals surface area contributed by atoms with E-state index in [-0.39, 0.29) is 11.9 Å². The molecule has 2 aliphatic rings. The van der Waals surface area contributed by atoms with Crippen LogP contribution in [0.5, 0.6) is 0 Å². The minimum atomic E-state index is -0.419. The fraction of sp³-hybridized carbons (Fsp3) is 0.700. The molecule has 2 saturated heterocycles. The molecule has 4 nitrogen and oxygen atoms in total. The highest BCUT2D eigenvalue weighted by atomic mass is 19.1. The van der Waals surface area contributed by atoms with E-state index in [0.29, 0.717) is 24.4 Å². The molecule has 2 N–H and O–H groups in total. The second-order valence-electron chi connectivity index (χ2n) is 7.91. The first-order valence-electron chi connectivity index (χ1n) is 9.55. The molecule has 3 unspecified atom stereocenters. The molecule has 5 heteroatoms. The van der Waals surface area contributed by atoms with E-state index in [1.54, 1.807) is 13.0 Å². The molecule has 2 fully saturated rings. The van der Waals surface area contributed by atoms with Crippen molar-refractivity contribution in [1.29, 1.82) is 0 Å². The Morgan fingerprint density at radius 3 is 2.76 bits per heavy atom. The summed E-state index contributed by atoms with van der Waals surface area (Å²) < 4.78 is 13.4. The van der Waals surface area contributed by atoms with Gasteiger partial charge in [0.05, 0.1) is 12.2 Å². The van der Waals surface area contributed by atoms with Gasteiger partial charge in [-0.3, -0.25) is 0 Å². The van der Waals surface area contributed by atoms with Gasteiger partial charge in [0.25, 0.3) is 0 Å². The monoisotopic (exact) mass is 350 g/mol. The van der Waals surface area contributed by atoms with Gasteiger partial charge in [0.2, 0.25) is 0 Å². The molecule has 2 heterocycles. The Hall–Kier alpha value is -1.01. The van der Waals surface area contributed by atoms with Crippen LogP contribution in [0.3, 0.4) is 0 Å². The van der Waals surface area contributed by atoms with Crippen LogP contribution >= 0.6 is 0 Å². The van der Waals surface area contributed by atoms with Crippen LogP contribution in [0.15, 0.2) is 18.2 Å². The van der Waals surface area contributed by atoms with Crippen molar-refractivity contribution < 1.29 is 14.6 Å². The van der Waals surface area contributed by atoms with Crippen LogP contribution in [-0.4, -0.2) is 71.5 Å². The predicted octanol–water partition coefficient (Wildman–Crippen LogP) is 1.82. The van der Waals surface area contributed by atoms with Gasteiger partial charge in [-0.05, 0) is 62.3 Å². The summed E-state index contributed by atoms with van der Waals surface area (Å²) >= 11 is 0. The predicted molar refractivity (Wildman–Crippen MR) is 97.1 cm³/mol. The molecular formula is C20H31FN2O2. The second kappa shape index (κ2) is 8.58. The Morgan fingerprint density at radius 1 is 1.20 bits per heavy atom. The van der Waals surface area contributed by atoms with E-state index in [1.165, 1.54) is 18.9 Å². The number of aryl methyl sites for hydroxylation is 1. The fourth-order valence-electron chi connectivity index (χ4n) is 4.28. The quantitative estimate of drug-likeness (QED) is 0.822. The van der Waals surface area contributed by atoms with Crippen LogP contribution in [0.2, 0.25) is 0 Å². The number of β-amino-alcohol motifs (C(OH)–C–C–N with tert-alkyl or cyclic N) is 2. The van der Waals surface area contributed by atoms with Crippen LogP contribution in [0.4, 0.5) is 4.39 Å². The highest BCUT2D eigenvalue weighted by Gasteiger charge is 2.27. The molecule has 1 aromatic carbocycles. The second-order valence-corrected chi connectivity index (χ2v) is 7.91. The maximum absolute atomic E-state index is 13.4. The Morgan fingerprint density at radius 2 is 2.04 bits per heavy atom. The number of aliphatic hydroxyl groups is 2. The van der Waals surface area contributed by atoms with Crippen molar-refractivity contribution >= 4 is 0 Å². The molecule has 0 aromatic heterocycles. The summed E-state index contributed by atoms with van der Waals surface area (Å²) in [5.41, 5.74) is 1.63. The van der Waals surface area contributed by atoms with Crippen LogP contribution in [0.25, 0.3) is 0 Å². The third-order valence-corrected chi connectivity index (χ3v) is 5.53. The summed E-state index contributed by atoms with van der Waals surface area (Å²) in [7, 11) is 0. The van der Waals surface area contributed by atoms with Gasteiger partial charge in [0.1, 0.15) is 5.82 Å². The highest BCUT2D eigenvalue weighted by molar-refractivity contribution is 5.24. The lowest BCUT2D eigenvalue weighted by atomic mass is 9.96. The van der Waals surface area contributed by atoms with Gasteiger partial charge in [-0.1, -0.05) is 12.1 Å². The first kappa shape index (κ1) is 18.8. The average Bonchev–Trinajstić information content (AvgIpc) is 2.96. The smallest absolute Gasteiger partial charge is 0.126 e. The zero-order valence-electron chi connectivity index (χ0n) is 15.2. The number of aliphatic hydroxyl groups excluding tert-OH is 2. The van der Waals surface area contributed by atoms with Crippen molar-refractivity contribution in [2.75, 3.05) is 39.3 Å². The standard InChI is InChI=1S/C20H31FN2O2/c1-15-9-16(4-5-20(15)21)10-19(25)14-22-7-2-3-17(11-22)12-23-8-6-18(24)13-23/h4-5,9,17-19,24-25H,2-3,6-8,10-14H2,1H3. The van der Waals surface area contributed by atoms with Crippen LogP contribution in [0, 0.1) is 18.7 Å². The van der Waals surface area contributed by atoms with Crippen molar-refractivity contribution in [2.24, 2.45) is 5.92 Å². The largest absolute Gasteiger partial charge is 0.392 e. The first-order valence-corrected chi connectivity index (χ1v) is 9.55. The third kappa shape index (κ3) is 5.48. The molecule has 25 heavy (non-hydrogen) atoms. The van der Waals surface area contributed by atoms with Gasteiger partial charge in [-0.15, -0.1) is 0 Å². The van der Waals surface area contributed by atoms with Gasteiger partial charge in [0, 0.05) is 32.7 Å². The van der Waals surface area contributed by atoms with Crippen molar-refractivity contribution in [3.05, 3.63) is 35.1 Å². The number of halogens is 1. The molecule has 0 saturated carbocycles. The van der Waals surface area contributed by atoms with Crippen LogP contribution in [-0.2, 0) is 6.42 Å². The number of benzene rings is 1. The van der Waals surface area contributed by atoms with Crippen molar-refractivity contribution in [3.8, 4) is 0 Å². The van der Waals surface area contributed by atoms with E-state index >= 15 is 0 Å². The number of likely N-dealkylation sites (tertiary alicyclic amines) is 2. The molecule has 0 radical (unpaired) electrons. The zero-order valence-corrected chi connectivity index (χ0v) is 15.2. The Kier molecular flexibility index (Phi) is 6.44. The maximum Gasteiger partial charge on any atom is 0.126 e. The van der Waals surface area contributed by atoms with Crippen molar-refractivity contribution in [3.63, 3.8) is 0 Å². The number of nitrogens with zero attached hydrogens (tertiary/aromatic N) is 2. The van der Waals surface area contributed by atoms with Gasteiger partial charge >= 0.3 is 0 Å². The number of hydrogen-bond donors (Lipinski definition) is 2. The van der Waals surface area contributed by atoms with E-state index in [1.807, 2.05) is 6.07 Å².